The fourth-order valence-corrected chi connectivity index (χ4v) is 3.50. The van der Waals surface area contributed by atoms with Gasteiger partial charge in [0, 0.05) is 50.4 Å². The number of carbonyl (C=O) groups is 2. The highest BCUT2D eigenvalue weighted by Gasteiger charge is 2.22. The number of hydrogen-bond donors (Lipinski definition) is 1. The fraction of sp³-hybridized carbons (Fsp3) is 0.417. The van der Waals surface area contributed by atoms with E-state index in [0.29, 0.717) is 25.2 Å². The first-order valence-electron chi connectivity index (χ1n) is 10.4. The van der Waals surface area contributed by atoms with Crippen LogP contribution in [0.25, 0.3) is 0 Å². The van der Waals surface area contributed by atoms with Crippen LogP contribution in [0.4, 0.5) is 4.39 Å². The smallest absolute Gasteiger partial charge is 0.253 e. The van der Waals surface area contributed by atoms with Gasteiger partial charge in [-0.25, -0.2) is 4.39 Å². The minimum Gasteiger partial charge on any atom is -0.351 e. The number of rotatable bonds is 5. The van der Waals surface area contributed by atoms with Crippen LogP contribution >= 0.6 is 0 Å². The van der Waals surface area contributed by atoms with E-state index in [1.807, 2.05) is 29.2 Å². The van der Waals surface area contributed by atoms with Crippen LogP contribution < -0.4 is 5.32 Å². The maximum Gasteiger partial charge on any atom is 0.253 e. The first-order valence-corrected chi connectivity index (χ1v) is 10.4. The summed E-state index contributed by atoms with van der Waals surface area (Å²) >= 11 is 0. The molecular formula is C24H30FN3O2. The molecule has 30 heavy (non-hydrogen) atoms. The summed E-state index contributed by atoms with van der Waals surface area (Å²) < 4.78 is 12.9. The van der Waals surface area contributed by atoms with E-state index in [1.165, 1.54) is 29.8 Å². The summed E-state index contributed by atoms with van der Waals surface area (Å²) in [4.78, 5) is 29.0. The highest BCUT2D eigenvalue weighted by Crippen LogP contribution is 2.22. The van der Waals surface area contributed by atoms with E-state index < -0.39 is 0 Å². The second-order valence-corrected chi connectivity index (χ2v) is 8.72. The molecule has 1 N–H and O–H groups in total. The zero-order valence-electron chi connectivity index (χ0n) is 18.0. The Balaban J connectivity index is 1.42. The molecule has 5 nitrogen and oxygen atoms in total. The normalized spacial score (nSPS) is 15.1. The summed E-state index contributed by atoms with van der Waals surface area (Å²) in [5.74, 6) is -0.494. The van der Waals surface area contributed by atoms with Crippen molar-refractivity contribution in [2.45, 2.75) is 26.2 Å². The highest BCUT2D eigenvalue weighted by atomic mass is 19.1. The molecule has 0 spiro atoms. The number of nitrogens with zero attached hydrogens (tertiary/aromatic N) is 2. The van der Waals surface area contributed by atoms with Crippen LogP contribution in [0.2, 0.25) is 0 Å². The lowest BCUT2D eigenvalue weighted by molar-refractivity contribution is 0.0638. The first kappa shape index (κ1) is 22.0. The van der Waals surface area contributed by atoms with Crippen LogP contribution in [0.1, 0.15) is 47.1 Å². The number of carbonyl (C=O) groups excluding carboxylic acids is 2. The summed E-state index contributed by atoms with van der Waals surface area (Å²) in [7, 11) is 0. The van der Waals surface area contributed by atoms with Crippen LogP contribution in [0, 0.1) is 5.82 Å². The summed E-state index contributed by atoms with van der Waals surface area (Å²) in [6.45, 7) is 10.6. The average molecular weight is 412 g/mol. The van der Waals surface area contributed by atoms with Gasteiger partial charge in [-0.15, -0.1) is 0 Å². The highest BCUT2D eigenvalue weighted by molar-refractivity contribution is 5.94. The van der Waals surface area contributed by atoms with Crippen molar-refractivity contribution >= 4 is 11.8 Å². The molecule has 160 valence electrons. The number of benzene rings is 2. The Morgan fingerprint density at radius 1 is 0.900 bits per heavy atom. The minimum atomic E-state index is -0.357. The van der Waals surface area contributed by atoms with Crippen LogP contribution in [-0.2, 0) is 5.41 Å². The zero-order valence-corrected chi connectivity index (χ0v) is 18.0. The van der Waals surface area contributed by atoms with Gasteiger partial charge in [0.15, 0.2) is 0 Å². The number of piperazine rings is 1. The lowest BCUT2D eigenvalue weighted by Crippen LogP contribution is -2.50. The van der Waals surface area contributed by atoms with Gasteiger partial charge in [-0.3, -0.25) is 14.5 Å². The Morgan fingerprint density at radius 2 is 1.47 bits per heavy atom. The zero-order chi connectivity index (χ0) is 21.7. The summed E-state index contributed by atoms with van der Waals surface area (Å²) in [5.41, 5.74) is 2.46. The van der Waals surface area contributed by atoms with Gasteiger partial charge >= 0.3 is 0 Å². The number of amides is 2. The molecule has 1 heterocycles. The van der Waals surface area contributed by atoms with Crippen molar-refractivity contribution in [1.82, 2.24) is 15.1 Å². The quantitative estimate of drug-likeness (QED) is 0.821. The van der Waals surface area contributed by atoms with E-state index in [0.717, 1.165) is 25.2 Å². The molecule has 2 aromatic carbocycles. The van der Waals surface area contributed by atoms with E-state index in [-0.39, 0.29) is 23.0 Å². The molecule has 3 rings (SSSR count). The van der Waals surface area contributed by atoms with E-state index >= 15 is 0 Å². The number of hydrogen-bond acceptors (Lipinski definition) is 3. The monoisotopic (exact) mass is 411 g/mol. The molecular weight excluding hydrogens is 381 g/mol. The molecule has 0 unspecified atom stereocenters. The van der Waals surface area contributed by atoms with Crippen LogP contribution in [0.5, 0.6) is 0 Å². The summed E-state index contributed by atoms with van der Waals surface area (Å²) in [6, 6.07) is 13.4. The number of halogens is 1. The van der Waals surface area contributed by atoms with Gasteiger partial charge in [0.1, 0.15) is 5.82 Å². The fourth-order valence-electron chi connectivity index (χ4n) is 3.50. The number of nitrogens with one attached hydrogen (secondary N) is 1. The van der Waals surface area contributed by atoms with E-state index in [1.54, 1.807) is 0 Å². The van der Waals surface area contributed by atoms with Crippen molar-refractivity contribution in [1.29, 1.82) is 0 Å². The van der Waals surface area contributed by atoms with Crippen molar-refractivity contribution in [2.75, 3.05) is 39.3 Å². The van der Waals surface area contributed by atoms with Crippen LogP contribution in [0.3, 0.4) is 0 Å². The predicted molar refractivity (Wildman–Crippen MR) is 116 cm³/mol. The molecule has 0 aromatic heterocycles. The van der Waals surface area contributed by atoms with Gasteiger partial charge < -0.3 is 10.2 Å². The predicted octanol–water partition coefficient (Wildman–Crippen LogP) is 3.31. The second kappa shape index (κ2) is 9.39. The van der Waals surface area contributed by atoms with Gasteiger partial charge in [-0.05, 0) is 47.4 Å². The van der Waals surface area contributed by atoms with E-state index in [4.69, 9.17) is 0 Å². The molecule has 6 heteroatoms. The third-order valence-electron chi connectivity index (χ3n) is 5.48. The molecule has 1 aliphatic rings. The Morgan fingerprint density at radius 3 is 2.03 bits per heavy atom. The third-order valence-corrected chi connectivity index (χ3v) is 5.48. The molecule has 0 aliphatic carbocycles. The van der Waals surface area contributed by atoms with Crippen molar-refractivity contribution < 1.29 is 14.0 Å². The molecule has 2 aromatic rings. The van der Waals surface area contributed by atoms with Crippen molar-refractivity contribution in [3.05, 3.63) is 71.0 Å². The Bertz CT molecular complexity index is 865. The molecule has 0 atom stereocenters. The molecule has 0 saturated carbocycles. The van der Waals surface area contributed by atoms with Crippen molar-refractivity contribution in [3.8, 4) is 0 Å². The van der Waals surface area contributed by atoms with E-state index in [2.05, 4.69) is 31.0 Å². The standard InChI is InChI=1S/C24H30FN3O2/c1-24(2,3)20-8-4-19(5-9-20)23(30)28-16-14-27(15-17-28)13-12-26-22(29)18-6-10-21(25)11-7-18/h4-11H,12-17H2,1-3H3,(H,26,29). The third kappa shape index (κ3) is 5.66. The van der Waals surface area contributed by atoms with Crippen LogP contribution in [-0.4, -0.2) is 60.9 Å². The second-order valence-electron chi connectivity index (χ2n) is 8.72. The van der Waals surface area contributed by atoms with Gasteiger partial charge in [-0.1, -0.05) is 32.9 Å². The van der Waals surface area contributed by atoms with Gasteiger partial charge in [-0.2, -0.15) is 0 Å². The first-order chi connectivity index (χ1) is 14.2. The molecule has 2 amide bonds. The lowest BCUT2D eigenvalue weighted by atomic mass is 9.86. The molecule has 0 radical (unpaired) electrons. The average Bonchev–Trinajstić information content (AvgIpc) is 2.73. The van der Waals surface area contributed by atoms with E-state index in [9.17, 15) is 14.0 Å². The Hall–Kier alpha value is -2.73. The lowest BCUT2D eigenvalue weighted by Gasteiger charge is -2.34. The maximum atomic E-state index is 12.9. The SMILES string of the molecule is CC(C)(C)c1ccc(C(=O)N2CCN(CCNC(=O)c3ccc(F)cc3)CC2)cc1. The Kier molecular flexibility index (Phi) is 6.87. The summed E-state index contributed by atoms with van der Waals surface area (Å²) in [6.07, 6.45) is 0. The molecule has 1 fully saturated rings. The molecule has 0 bridgehead atoms. The van der Waals surface area contributed by atoms with Crippen molar-refractivity contribution in [2.24, 2.45) is 0 Å². The topological polar surface area (TPSA) is 52.7 Å². The van der Waals surface area contributed by atoms with Crippen LogP contribution in [0.15, 0.2) is 48.5 Å². The van der Waals surface area contributed by atoms with Gasteiger partial charge in [0.25, 0.3) is 11.8 Å². The molecule has 1 saturated heterocycles. The maximum absolute atomic E-state index is 12.9. The Labute approximate surface area is 177 Å². The van der Waals surface area contributed by atoms with Gasteiger partial charge in [0.2, 0.25) is 0 Å². The summed E-state index contributed by atoms with van der Waals surface area (Å²) in [5, 5.41) is 2.86. The largest absolute Gasteiger partial charge is 0.351 e. The minimum absolute atomic E-state index is 0.0688. The van der Waals surface area contributed by atoms with Gasteiger partial charge in [0.05, 0.1) is 0 Å². The van der Waals surface area contributed by atoms with Crippen molar-refractivity contribution in [3.63, 3.8) is 0 Å². The molecule has 1 aliphatic heterocycles.